The van der Waals surface area contributed by atoms with Gasteiger partial charge in [0.1, 0.15) is 29.8 Å². The van der Waals surface area contributed by atoms with E-state index >= 15 is 0 Å². The summed E-state index contributed by atoms with van der Waals surface area (Å²) in [5.74, 6) is -1.20. The Morgan fingerprint density at radius 3 is 3.00 bits per heavy atom. The van der Waals surface area contributed by atoms with Gasteiger partial charge in [0.2, 0.25) is 0 Å². The summed E-state index contributed by atoms with van der Waals surface area (Å²) < 4.78 is 18.5. The Morgan fingerprint density at radius 1 is 1.65 bits per heavy atom. The molecule has 5 nitrogen and oxygen atoms in total. The molecule has 1 aliphatic heterocycles. The molecule has 0 bridgehead atoms. The minimum Gasteiger partial charge on any atom is -0.496 e. The highest BCUT2D eigenvalue weighted by Gasteiger charge is 2.30. The monoisotopic (exact) mass is 241 g/mol. The van der Waals surface area contributed by atoms with E-state index in [1.165, 1.54) is 25.3 Å². The number of benzene rings is 1. The number of hydrogen-bond donors (Lipinski definition) is 1. The van der Waals surface area contributed by atoms with E-state index < -0.39 is 17.8 Å². The summed E-state index contributed by atoms with van der Waals surface area (Å²) in [6, 6.07) is 4.11. The molecule has 0 aromatic heterocycles. The van der Waals surface area contributed by atoms with Crippen molar-refractivity contribution < 1.29 is 23.9 Å². The van der Waals surface area contributed by atoms with Crippen LogP contribution in [0.5, 0.6) is 5.75 Å². The number of nitrogens with zero attached hydrogens (tertiary/aromatic N) is 1. The lowest BCUT2D eigenvalue weighted by molar-refractivity contribution is -0.0783. The topological polar surface area (TPSA) is 59.0 Å². The number of β-amino-alcohol motifs (C(OH)–C–C–N with tert-alkyl or cyclic N) is 1. The van der Waals surface area contributed by atoms with Crippen LogP contribution in [0.3, 0.4) is 0 Å². The maximum absolute atomic E-state index is 13.6. The minimum absolute atomic E-state index is 0.0241. The van der Waals surface area contributed by atoms with E-state index in [0.717, 1.165) is 5.06 Å². The number of aliphatic hydroxyl groups is 1. The van der Waals surface area contributed by atoms with E-state index in [1.807, 2.05) is 0 Å². The fourth-order valence-electron chi connectivity index (χ4n) is 1.62. The highest BCUT2D eigenvalue weighted by atomic mass is 19.1. The number of rotatable bonds is 2. The van der Waals surface area contributed by atoms with E-state index in [1.54, 1.807) is 0 Å². The third-order valence-electron chi connectivity index (χ3n) is 2.44. The molecule has 1 atom stereocenters. The second kappa shape index (κ2) is 4.68. The second-order valence-corrected chi connectivity index (χ2v) is 3.63. The Balaban J connectivity index is 2.30. The van der Waals surface area contributed by atoms with E-state index in [0.29, 0.717) is 0 Å². The predicted octanol–water partition coefficient (Wildman–Crippen LogP) is 0.583. The molecule has 1 aromatic rings. The first-order valence-corrected chi connectivity index (χ1v) is 5.09. The third-order valence-corrected chi connectivity index (χ3v) is 2.44. The number of methoxy groups -OCH3 is 1. The lowest BCUT2D eigenvalue weighted by atomic mass is 10.1. The number of ether oxygens (including phenoxy) is 1. The maximum Gasteiger partial charge on any atom is 0.284 e. The molecular formula is C11H12FNO4. The molecule has 1 aliphatic rings. The number of carbonyl (C=O) groups excluding carboxylic acids is 1. The number of carbonyl (C=O) groups is 1. The van der Waals surface area contributed by atoms with Gasteiger partial charge in [-0.25, -0.2) is 9.45 Å². The van der Waals surface area contributed by atoms with Crippen LogP contribution in [0.25, 0.3) is 0 Å². The summed E-state index contributed by atoms with van der Waals surface area (Å²) in [6.45, 7) is 0.0544. The first-order valence-electron chi connectivity index (χ1n) is 5.09. The molecule has 1 heterocycles. The van der Waals surface area contributed by atoms with E-state index in [-0.39, 0.29) is 24.5 Å². The van der Waals surface area contributed by atoms with Crippen LogP contribution in [0, 0.1) is 5.82 Å². The van der Waals surface area contributed by atoms with Crippen molar-refractivity contribution in [3.05, 3.63) is 29.6 Å². The molecule has 1 saturated heterocycles. The molecule has 0 unspecified atom stereocenters. The molecule has 1 N–H and O–H groups in total. The highest BCUT2D eigenvalue weighted by molar-refractivity contribution is 5.96. The van der Waals surface area contributed by atoms with E-state index in [2.05, 4.69) is 0 Å². The van der Waals surface area contributed by atoms with Crippen molar-refractivity contribution in [2.75, 3.05) is 20.3 Å². The van der Waals surface area contributed by atoms with Crippen LogP contribution in [0.2, 0.25) is 0 Å². The van der Waals surface area contributed by atoms with Crippen LogP contribution < -0.4 is 4.74 Å². The van der Waals surface area contributed by atoms with Crippen LogP contribution in [-0.2, 0) is 4.84 Å². The smallest absolute Gasteiger partial charge is 0.284 e. The van der Waals surface area contributed by atoms with Gasteiger partial charge in [-0.2, -0.15) is 0 Å². The zero-order valence-corrected chi connectivity index (χ0v) is 9.22. The molecular weight excluding hydrogens is 229 g/mol. The second-order valence-electron chi connectivity index (χ2n) is 3.63. The van der Waals surface area contributed by atoms with Gasteiger partial charge in [0, 0.05) is 0 Å². The number of hydrogen-bond acceptors (Lipinski definition) is 4. The van der Waals surface area contributed by atoms with Gasteiger partial charge in [0.15, 0.2) is 0 Å². The van der Waals surface area contributed by atoms with Crippen molar-refractivity contribution in [1.82, 2.24) is 5.06 Å². The van der Waals surface area contributed by atoms with Crippen molar-refractivity contribution in [2.24, 2.45) is 0 Å². The average molecular weight is 241 g/mol. The number of halogens is 1. The van der Waals surface area contributed by atoms with Gasteiger partial charge in [-0.15, -0.1) is 0 Å². The van der Waals surface area contributed by atoms with Crippen LogP contribution in [-0.4, -0.2) is 42.4 Å². The Bertz CT molecular complexity index is 437. The summed E-state index contributed by atoms with van der Waals surface area (Å²) in [7, 11) is 1.35. The lowest BCUT2D eigenvalue weighted by Crippen LogP contribution is -2.29. The van der Waals surface area contributed by atoms with Crippen molar-refractivity contribution in [1.29, 1.82) is 0 Å². The Morgan fingerprint density at radius 2 is 2.41 bits per heavy atom. The van der Waals surface area contributed by atoms with Crippen LogP contribution >= 0.6 is 0 Å². The van der Waals surface area contributed by atoms with Gasteiger partial charge in [-0.05, 0) is 12.1 Å². The van der Waals surface area contributed by atoms with Crippen molar-refractivity contribution in [2.45, 2.75) is 6.10 Å². The van der Waals surface area contributed by atoms with Gasteiger partial charge in [0.05, 0.1) is 13.7 Å². The molecule has 1 aromatic carbocycles. The molecule has 6 heteroatoms. The molecule has 0 spiro atoms. The quantitative estimate of drug-likeness (QED) is 0.823. The fraction of sp³-hybridized carbons (Fsp3) is 0.364. The normalized spacial score (nSPS) is 19.5. The van der Waals surface area contributed by atoms with Gasteiger partial charge in [-0.3, -0.25) is 9.63 Å². The molecule has 17 heavy (non-hydrogen) atoms. The summed E-state index contributed by atoms with van der Waals surface area (Å²) in [6.07, 6.45) is -0.739. The highest BCUT2D eigenvalue weighted by Crippen LogP contribution is 2.24. The average Bonchev–Trinajstić information content (AvgIpc) is 2.74. The number of aliphatic hydroxyl groups excluding tert-OH is 1. The van der Waals surface area contributed by atoms with Crippen LogP contribution in [0.15, 0.2) is 18.2 Å². The SMILES string of the molecule is COc1cccc(F)c1C(=O)N1C[C@H](O)CO1. The molecule has 1 fully saturated rings. The maximum atomic E-state index is 13.6. The van der Waals surface area contributed by atoms with Crippen molar-refractivity contribution >= 4 is 5.91 Å². The molecule has 92 valence electrons. The predicted molar refractivity (Wildman–Crippen MR) is 55.9 cm³/mol. The number of amides is 1. The molecule has 2 rings (SSSR count). The Labute approximate surface area is 97.3 Å². The van der Waals surface area contributed by atoms with E-state index in [4.69, 9.17) is 9.57 Å². The first-order chi connectivity index (χ1) is 8.13. The van der Waals surface area contributed by atoms with Crippen LogP contribution in [0.1, 0.15) is 10.4 Å². The third kappa shape index (κ3) is 2.22. The van der Waals surface area contributed by atoms with Crippen molar-refractivity contribution in [3.8, 4) is 5.75 Å². The molecule has 0 aliphatic carbocycles. The van der Waals surface area contributed by atoms with Crippen LogP contribution in [0.4, 0.5) is 4.39 Å². The summed E-state index contributed by atoms with van der Waals surface area (Å²) >= 11 is 0. The molecule has 0 radical (unpaired) electrons. The van der Waals surface area contributed by atoms with Gasteiger partial charge < -0.3 is 9.84 Å². The van der Waals surface area contributed by atoms with E-state index in [9.17, 15) is 14.3 Å². The standard InChI is InChI=1S/C11H12FNO4/c1-16-9-4-2-3-8(12)10(9)11(15)13-5-7(14)6-17-13/h2-4,7,14H,5-6H2,1H3/t7-/m0/s1. The number of hydroxylamine groups is 2. The molecule has 0 saturated carbocycles. The largest absolute Gasteiger partial charge is 0.496 e. The Hall–Kier alpha value is -1.66. The summed E-state index contributed by atoms with van der Waals surface area (Å²) in [5, 5.41) is 10.2. The zero-order valence-electron chi connectivity index (χ0n) is 9.22. The minimum atomic E-state index is -0.739. The zero-order chi connectivity index (χ0) is 12.4. The van der Waals surface area contributed by atoms with Gasteiger partial charge >= 0.3 is 0 Å². The first kappa shape index (κ1) is 11.8. The molecule has 1 amide bonds. The lowest BCUT2D eigenvalue weighted by Gasteiger charge is -2.16. The fourth-order valence-corrected chi connectivity index (χ4v) is 1.62. The van der Waals surface area contributed by atoms with Gasteiger partial charge in [-0.1, -0.05) is 6.07 Å². The van der Waals surface area contributed by atoms with Crippen molar-refractivity contribution in [3.63, 3.8) is 0 Å². The summed E-state index contributed by atoms with van der Waals surface area (Å²) in [5.41, 5.74) is -0.191. The van der Waals surface area contributed by atoms with Gasteiger partial charge in [0.25, 0.3) is 5.91 Å². The Kier molecular flexibility index (Phi) is 3.26. The summed E-state index contributed by atoms with van der Waals surface area (Å²) in [4.78, 5) is 16.9.